The maximum atomic E-state index is 3.97. The highest BCUT2D eigenvalue weighted by atomic mass is 15.2. The number of likely N-dealkylation sites (tertiary alicyclic amines) is 1. The molecular formula is C18H28N2. The van der Waals surface area contributed by atoms with Crippen LogP contribution in [-0.2, 0) is 0 Å². The normalized spacial score (nSPS) is 41.5. The summed E-state index contributed by atoms with van der Waals surface area (Å²) in [7, 11) is 0. The summed E-state index contributed by atoms with van der Waals surface area (Å²) >= 11 is 0. The topological polar surface area (TPSA) is 6.48 Å². The minimum absolute atomic E-state index is 0.737. The van der Waals surface area contributed by atoms with Gasteiger partial charge in [-0.1, -0.05) is 24.1 Å². The number of fused-ring (bicyclic) bond motifs is 6. The van der Waals surface area contributed by atoms with E-state index in [1.807, 2.05) is 0 Å². The van der Waals surface area contributed by atoms with Crippen molar-refractivity contribution in [1.82, 2.24) is 9.80 Å². The van der Waals surface area contributed by atoms with Crippen molar-refractivity contribution in [2.75, 3.05) is 26.2 Å². The Morgan fingerprint density at radius 2 is 2.20 bits per heavy atom. The van der Waals surface area contributed by atoms with E-state index in [0.29, 0.717) is 0 Å². The Balaban J connectivity index is 1.63. The first-order chi connectivity index (χ1) is 9.86. The Morgan fingerprint density at radius 1 is 1.25 bits per heavy atom. The highest BCUT2D eigenvalue weighted by Gasteiger charge is 2.45. The fourth-order valence-electron chi connectivity index (χ4n) is 5.45. The van der Waals surface area contributed by atoms with Gasteiger partial charge < -0.3 is 0 Å². The summed E-state index contributed by atoms with van der Waals surface area (Å²) in [6.07, 6.45) is 13.3. The lowest BCUT2D eigenvalue weighted by molar-refractivity contribution is 0.00201. The van der Waals surface area contributed by atoms with Gasteiger partial charge in [-0.15, -0.1) is 6.58 Å². The van der Waals surface area contributed by atoms with E-state index < -0.39 is 0 Å². The quantitative estimate of drug-likeness (QED) is 0.713. The number of nitrogens with zero attached hydrogens (tertiary/aromatic N) is 2. The van der Waals surface area contributed by atoms with E-state index in [1.54, 1.807) is 5.57 Å². The van der Waals surface area contributed by atoms with Crippen molar-refractivity contribution >= 4 is 0 Å². The molecule has 0 radical (unpaired) electrons. The molecule has 3 heterocycles. The average Bonchev–Trinajstić information content (AvgIpc) is 2.48. The molecule has 0 saturated carbocycles. The largest absolute Gasteiger partial charge is 0.299 e. The van der Waals surface area contributed by atoms with Crippen molar-refractivity contribution in [2.45, 2.75) is 50.6 Å². The zero-order valence-electron chi connectivity index (χ0n) is 12.6. The third kappa shape index (κ3) is 2.08. The molecule has 2 heteroatoms. The first kappa shape index (κ1) is 13.1. The molecule has 0 spiro atoms. The Morgan fingerprint density at radius 3 is 3.10 bits per heavy atom. The summed E-state index contributed by atoms with van der Waals surface area (Å²) < 4.78 is 0. The fourth-order valence-corrected chi connectivity index (χ4v) is 5.45. The average molecular weight is 272 g/mol. The highest BCUT2D eigenvalue weighted by Crippen LogP contribution is 2.44. The van der Waals surface area contributed by atoms with E-state index >= 15 is 0 Å². The van der Waals surface area contributed by atoms with Gasteiger partial charge >= 0.3 is 0 Å². The zero-order valence-corrected chi connectivity index (χ0v) is 12.6. The molecule has 3 saturated heterocycles. The molecule has 4 atom stereocenters. The molecule has 0 N–H and O–H groups in total. The van der Waals surface area contributed by atoms with Crippen LogP contribution >= 0.6 is 0 Å². The van der Waals surface area contributed by atoms with Gasteiger partial charge in [-0.2, -0.15) is 0 Å². The predicted molar refractivity (Wildman–Crippen MR) is 83.7 cm³/mol. The summed E-state index contributed by atoms with van der Waals surface area (Å²) in [6.45, 7) is 9.03. The summed E-state index contributed by atoms with van der Waals surface area (Å²) in [6, 6.07) is 1.61. The van der Waals surface area contributed by atoms with E-state index in [2.05, 4.69) is 28.5 Å². The molecule has 4 rings (SSSR count). The molecule has 2 nitrogen and oxygen atoms in total. The van der Waals surface area contributed by atoms with Crippen molar-refractivity contribution in [3.05, 3.63) is 24.3 Å². The number of hydrogen-bond acceptors (Lipinski definition) is 2. The molecule has 0 unspecified atom stereocenters. The second-order valence-electron chi connectivity index (χ2n) is 7.29. The molecule has 3 fully saturated rings. The molecule has 0 aromatic carbocycles. The SMILES string of the molecule is C=CCN1CCCC2=C[C@H]3C[C@H](CN4CCCC[C@H]34)[C@@H]21. The van der Waals surface area contributed by atoms with Crippen LogP contribution < -0.4 is 0 Å². The Kier molecular flexibility index (Phi) is 3.47. The third-order valence-electron chi connectivity index (χ3n) is 6.12. The van der Waals surface area contributed by atoms with Gasteiger partial charge in [0.2, 0.25) is 0 Å². The van der Waals surface area contributed by atoms with Crippen LogP contribution in [0.25, 0.3) is 0 Å². The first-order valence-electron chi connectivity index (χ1n) is 8.66. The summed E-state index contributed by atoms with van der Waals surface area (Å²) in [5, 5.41) is 0. The van der Waals surface area contributed by atoms with Crippen LogP contribution in [0.5, 0.6) is 0 Å². The van der Waals surface area contributed by atoms with Crippen molar-refractivity contribution in [3.63, 3.8) is 0 Å². The molecule has 20 heavy (non-hydrogen) atoms. The molecular weight excluding hydrogens is 244 g/mol. The van der Waals surface area contributed by atoms with Crippen LogP contribution in [0.2, 0.25) is 0 Å². The molecule has 4 aliphatic rings. The minimum Gasteiger partial charge on any atom is -0.299 e. The first-order valence-corrected chi connectivity index (χ1v) is 8.66. The van der Waals surface area contributed by atoms with E-state index in [-0.39, 0.29) is 0 Å². The van der Waals surface area contributed by atoms with Gasteiger partial charge in [0.05, 0.1) is 0 Å². The Hall–Kier alpha value is -0.600. The maximum absolute atomic E-state index is 3.97. The van der Waals surface area contributed by atoms with Crippen molar-refractivity contribution in [3.8, 4) is 0 Å². The van der Waals surface area contributed by atoms with Gasteiger partial charge in [0, 0.05) is 25.2 Å². The van der Waals surface area contributed by atoms with Gasteiger partial charge in [-0.05, 0) is 57.0 Å². The highest BCUT2D eigenvalue weighted by molar-refractivity contribution is 5.24. The van der Waals surface area contributed by atoms with Crippen LogP contribution in [0.1, 0.15) is 38.5 Å². The molecule has 0 aromatic heterocycles. The van der Waals surface area contributed by atoms with E-state index in [1.165, 1.54) is 58.2 Å². The number of rotatable bonds is 2. The lowest BCUT2D eigenvalue weighted by Gasteiger charge is -2.54. The Labute approximate surface area is 123 Å². The van der Waals surface area contributed by atoms with Crippen molar-refractivity contribution < 1.29 is 0 Å². The summed E-state index contributed by atoms with van der Waals surface area (Å²) in [4.78, 5) is 5.53. The van der Waals surface area contributed by atoms with Gasteiger partial charge in [0.1, 0.15) is 0 Å². The van der Waals surface area contributed by atoms with E-state index in [0.717, 1.165) is 30.5 Å². The van der Waals surface area contributed by atoms with E-state index in [4.69, 9.17) is 0 Å². The molecule has 3 aliphatic heterocycles. The number of piperidine rings is 3. The third-order valence-corrected chi connectivity index (χ3v) is 6.12. The summed E-state index contributed by atoms with van der Waals surface area (Å²) in [5.41, 5.74) is 1.78. The van der Waals surface area contributed by atoms with Crippen LogP contribution in [0.4, 0.5) is 0 Å². The monoisotopic (exact) mass is 272 g/mol. The van der Waals surface area contributed by atoms with Gasteiger partial charge in [-0.25, -0.2) is 0 Å². The lowest BCUT2D eigenvalue weighted by Crippen LogP contribution is -2.59. The van der Waals surface area contributed by atoms with Crippen LogP contribution in [-0.4, -0.2) is 48.1 Å². The van der Waals surface area contributed by atoms with Crippen molar-refractivity contribution in [2.24, 2.45) is 11.8 Å². The Bertz CT molecular complexity index is 414. The zero-order chi connectivity index (χ0) is 13.5. The minimum atomic E-state index is 0.737. The van der Waals surface area contributed by atoms with Crippen LogP contribution in [0, 0.1) is 11.8 Å². The van der Waals surface area contributed by atoms with Gasteiger partial charge in [-0.3, -0.25) is 9.80 Å². The molecule has 0 amide bonds. The standard InChI is InChI=1S/C18H28N2/c1-2-8-19-10-5-6-14-11-15-12-16(18(14)19)13-20-9-4-3-7-17(15)20/h2,11,15-18H,1,3-10,12-13H2/t15-,16+,17+,18+/m0/s1. The smallest absolute Gasteiger partial charge is 0.0351 e. The second kappa shape index (κ2) is 5.31. The van der Waals surface area contributed by atoms with Gasteiger partial charge in [0.15, 0.2) is 0 Å². The summed E-state index contributed by atoms with van der Waals surface area (Å²) in [5.74, 6) is 1.75. The van der Waals surface area contributed by atoms with Gasteiger partial charge in [0.25, 0.3) is 0 Å². The number of hydrogen-bond donors (Lipinski definition) is 0. The van der Waals surface area contributed by atoms with Crippen LogP contribution in [0.15, 0.2) is 24.3 Å². The molecule has 1 aliphatic carbocycles. The molecule has 2 bridgehead atoms. The van der Waals surface area contributed by atoms with Crippen molar-refractivity contribution in [1.29, 1.82) is 0 Å². The maximum Gasteiger partial charge on any atom is 0.0351 e. The fraction of sp³-hybridized carbons (Fsp3) is 0.778. The molecule has 0 aromatic rings. The predicted octanol–water partition coefficient (Wildman–Crippen LogP) is 3.07. The van der Waals surface area contributed by atoms with E-state index in [9.17, 15) is 0 Å². The van der Waals surface area contributed by atoms with Crippen LogP contribution in [0.3, 0.4) is 0 Å². The molecule has 110 valence electrons. The second-order valence-corrected chi connectivity index (χ2v) is 7.29. The lowest BCUT2D eigenvalue weighted by atomic mass is 9.68.